The highest BCUT2D eigenvalue weighted by Crippen LogP contribution is 2.27. The maximum absolute atomic E-state index is 12.1. The van der Waals surface area contributed by atoms with Gasteiger partial charge in [-0.25, -0.2) is 17.8 Å². The van der Waals surface area contributed by atoms with Crippen molar-refractivity contribution >= 4 is 10.0 Å². The van der Waals surface area contributed by atoms with Crippen LogP contribution in [0.15, 0.2) is 38.8 Å². The summed E-state index contributed by atoms with van der Waals surface area (Å²) in [6.07, 6.45) is 4.98. The zero-order chi connectivity index (χ0) is 16.4. The number of hydrogen-bond acceptors (Lipinski definition) is 6. The highest BCUT2D eigenvalue weighted by molar-refractivity contribution is 7.89. The summed E-state index contributed by atoms with van der Waals surface area (Å²) in [6, 6.07) is 3.06. The highest BCUT2D eigenvalue weighted by Gasteiger charge is 2.28. The van der Waals surface area contributed by atoms with E-state index in [2.05, 4.69) is 19.5 Å². The van der Waals surface area contributed by atoms with E-state index in [0.717, 1.165) is 12.0 Å². The van der Waals surface area contributed by atoms with Crippen LogP contribution in [0.5, 0.6) is 0 Å². The van der Waals surface area contributed by atoms with Gasteiger partial charge < -0.3 is 4.52 Å². The van der Waals surface area contributed by atoms with E-state index in [1.54, 1.807) is 6.07 Å². The van der Waals surface area contributed by atoms with E-state index in [0.29, 0.717) is 25.7 Å². The maximum atomic E-state index is 12.1. The first kappa shape index (κ1) is 15.9. The summed E-state index contributed by atoms with van der Waals surface area (Å²) in [4.78, 5) is 11.9. The van der Waals surface area contributed by atoms with Gasteiger partial charge in [-0.05, 0) is 38.7 Å². The fraction of sp³-hybridized carbons (Fsp3) is 0.500. The molecule has 124 valence electrons. The van der Waals surface area contributed by atoms with Gasteiger partial charge in [-0.3, -0.25) is 4.79 Å². The Kier molecular flexibility index (Phi) is 4.31. The number of aryl methyl sites for hydroxylation is 1. The van der Waals surface area contributed by atoms with Crippen LogP contribution in [0.2, 0.25) is 0 Å². The Morgan fingerprint density at radius 2 is 2.00 bits per heavy atom. The molecule has 1 fully saturated rings. The van der Waals surface area contributed by atoms with E-state index in [9.17, 15) is 13.2 Å². The van der Waals surface area contributed by atoms with Gasteiger partial charge in [-0.2, -0.15) is 5.10 Å². The summed E-state index contributed by atoms with van der Waals surface area (Å²) >= 11 is 0. The average molecular weight is 338 g/mol. The molecule has 0 aliphatic heterocycles. The maximum Gasteiger partial charge on any atom is 0.267 e. The van der Waals surface area contributed by atoms with Crippen LogP contribution in [0.4, 0.5) is 0 Å². The van der Waals surface area contributed by atoms with Crippen molar-refractivity contribution < 1.29 is 12.9 Å². The first-order chi connectivity index (χ1) is 11.0. The molecule has 9 heteroatoms. The topological polar surface area (TPSA) is 107 Å². The van der Waals surface area contributed by atoms with Gasteiger partial charge in [0.1, 0.15) is 11.2 Å². The molecule has 1 aliphatic carbocycles. The minimum atomic E-state index is -3.60. The molecule has 0 spiro atoms. The number of nitrogens with zero attached hydrogens (tertiary/aromatic N) is 3. The molecule has 2 aromatic heterocycles. The zero-order valence-electron chi connectivity index (χ0n) is 12.7. The van der Waals surface area contributed by atoms with Crippen LogP contribution in [0.3, 0.4) is 0 Å². The van der Waals surface area contributed by atoms with Gasteiger partial charge in [-0.1, -0.05) is 5.16 Å². The van der Waals surface area contributed by atoms with Gasteiger partial charge in [-0.15, -0.1) is 0 Å². The predicted octanol–water partition coefficient (Wildman–Crippen LogP) is 1.00. The van der Waals surface area contributed by atoms with Crippen molar-refractivity contribution in [3.63, 3.8) is 0 Å². The number of sulfonamides is 1. The Labute approximate surface area is 133 Å². The van der Waals surface area contributed by atoms with Crippen LogP contribution >= 0.6 is 0 Å². The third-order valence-electron chi connectivity index (χ3n) is 4.04. The summed E-state index contributed by atoms with van der Waals surface area (Å²) in [5.41, 5.74) is 0.670. The van der Waals surface area contributed by atoms with Crippen molar-refractivity contribution in [3.8, 4) is 0 Å². The van der Waals surface area contributed by atoms with E-state index in [1.807, 2.05) is 6.92 Å². The van der Waals surface area contributed by atoms with Gasteiger partial charge >= 0.3 is 0 Å². The van der Waals surface area contributed by atoms with Crippen LogP contribution in [-0.4, -0.2) is 29.4 Å². The summed E-state index contributed by atoms with van der Waals surface area (Å²) in [5.74, 6) is 0. The van der Waals surface area contributed by atoms with Crippen LogP contribution in [0, 0.1) is 6.92 Å². The number of aromatic nitrogens is 3. The van der Waals surface area contributed by atoms with Crippen molar-refractivity contribution in [2.24, 2.45) is 0 Å². The Bertz CT molecular complexity index is 821. The predicted molar refractivity (Wildman–Crippen MR) is 81.4 cm³/mol. The number of hydrogen-bond donors (Lipinski definition) is 1. The molecule has 0 radical (unpaired) electrons. The molecule has 23 heavy (non-hydrogen) atoms. The summed E-state index contributed by atoms with van der Waals surface area (Å²) in [7, 11) is -3.60. The van der Waals surface area contributed by atoms with E-state index >= 15 is 0 Å². The molecule has 0 amide bonds. The minimum Gasteiger partial charge on any atom is -0.363 e. The molecule has 1 N–H and O–H groups in total. The normalized spacial score (nSPS) is 22.1. The summed E-state index contributed by atoms with van der Waals surface area (Å²) in [6.45, 7) is 1.84. The van der Waals surface area contributed by atoms with E-state index in [4.69, 9.17) is 0 Å². The van der Waals surface area contributed by atoms with Crippen molar-refractivity contribution in [2.45, 2.75) is 49.6 Å². The van der Waals surface area contributed by atoms with Crippen molar-refractivity contribution in [1.29, 1.82) is 0 Å². The molecule has 2 aromatic rings. The van der Waals surface area contributed by atoms with Gasteiger partial charge in [0, 0.05) is 12.1 Å². The molecule has 0 unspecified atom stereocenters. The first-order valence-corrected chi connectivity index (χ1v) is 8.92. The van der Waals surface area contributed by atoms with E-state index in [1.165, 1.54) is 16.9 Å². The quantitative estimate of drug-likeness (QED) is 0.891. The van der Waals surface area contributed by atoms with Crippen molar-refractivity contribution in [1.82, 2.24) is 19.7 Å². The Morgan fingerprint density at radius 3 is 2.65 bits per heavy atom. The van der Waals surface area contributed by atoms with Crippen molar-refractivity contribution in [2.75, 3.05) is 0 Å². The van der Waals surface area contributed by atoms with Gasteiger partial charge in [0.25, 0.3) is 5.56 Å². The Morgan fingerprint density at radius 1 is 1.26 bits per heavy atom. The molecular formula is C14H18N4O4S. The fourth-order valence-corrected chi connectivity index (χ4v) is 4.00. The lowest BCUT2D eigenvalue weighted by Crippen LogP contribution is -2.39. The fourth-order valence-electron chi connectivity index (χ4n) is 2.84. The second-order valence-electron chi connectivity index (χ2n) is 5.74. The lowest BCUT2D eigenvalue weighted by atomic mass is 9.92. The molecule has 0 bridgehead atoms. The molecule has 2 heterocycles. The molecule has 1 aliphatic rings. The first-order valence-electron chi connectivity index (χ1n) is 7.44. The molecule has 8 nitrogen and oxygen atoms in total. The Hall–Kier alpha value is -2.00. The number of nitrogens with one attached hydrogen (secondary N) is 1. The van der Waals surface area contributed by atoms with Crippen molar-refractivity contribution in [3.05, 3.63) is 40.6 Å². The second-order valence-corrected chi connectivity index (χ2v) is 7.46. The molecule has 0 atom stereocenters. The van der Waals surface area contributed by atoms with Crippen LogP contribution < -0.4 is 10.3 Å². The average Bonchev–Trinajstić information content (AvgIpc) is 3.06. The standard InChI is InChI=1S/C14H18N4O4S/c1-10-2-7-14(19)18(16-10)12-5-3-11(4-6-12)17-23(20,21)13-8-15-22-9-13/h2,7-9,11-12,17H,3-6H2,1H3. The summed E-state index contributed by atoms with van der Waals surface area (Å²) < 4.78 is 33.0. The number of rotatable bonds is 4. The molecule has 3 rings (SSSR count). The van der Waals surface area contributed by atoms with Crippen LogP contribution in [-0.2, 0) is 10.0 Å². The molecule has 0 saturated heterocycles. The molecule has 1 saturated carbocycles. The second kappa shape index (κ2) is 6.25. The van der Waals surface area contributed by atoms with Crippen LogP contribution in [0.1, 0.15) is 37.4 Å². The molecule has 0 aromatic carbocycles. The van der Waals surface area contributed by atoms with Gasteiger partial charge in [0.05, 0.1) is 17.9 Å². The van der Waals surface area contributed by atoms with Gasteiger partial charge in [0.2, 0.25) is 10.0 Å². The monoisotopic (exact) mass is 338 g/mol. The lowest BCUT2D eigenvalue weighted by molar-refractivity contribution is 0.284. The lowest BCUT2D eigenvalue weighted by Gasteiger charge is -2.29. The largest absolute Gasteiger partial charge is 0.363 e. The van der Waals surface area contributed by atoms with E-state index in [-0.39, 0.29) is 22.5 Å². The SMILES string of the molecule is Cc1ccc(=O)n(C2CCC(NS(=O)(=O)c3cnoc3)CC2)n1. The minimum absolute atomic E-state index is 0.0127. The third kappa shape index (κ3) is 3.50. The van der Waals surface area contributed by atoms with Crippen LogP contribution in [0.25, 0.3) is 0 Å². The third-order valence-corrected chi connectivity index (χ3v) is 5.51. The van der Waals surface area contributed by atoms with E-state index < -0.39 is 10.0 Å². The highest BCUT2D eigenvalue weighted by atomic mass is 32.2. The van der Waals surface area contributed by atoms with Gasteiger partial charge in [0.15, 0.2) is 0 Å². The summed E-state index contributed by atoms with van der Waals surface area (Å²) in [5, 5.41) is 7.69. The zero-order valence-corrected chi connectivity index (χ0v) is 13.5. The smallest absolute Gasteiger partial charge is 0.267 e. The Balaban J connectivity index is 1.65. The molecular weight excluding hydrogens is 320 g/mol.